The second kappa shape index (κ2) is 4.47. The fourth-order valence-electron chi connectivity index (χ4n) is 1.81. The summed E-state index contributed by atoms with van der Waals surface area (Å²) in [7, 11) is 0. The van der Waals surface area contributed by atoms with Crippen LogP contribution in [0.3, 0.4) is 0 Å². The summed E-state index contributed by atoms with van der Waals surface area (Å²) in [6.45, 7) is 4.11. The van der Waals surface area contributed by atoms with Gasteiger partial charge in [0.05, 0.1) is 5.66 Å². The summed E-state index contributed by atoms with van der Waals surface area (Å²) in [6.07, 6.45) is 6.03. The molecule has 0 heterocycles. The standard InChI is InChI=1S/C14H18N2.CH4/c1-13(2)10-12(8-9-14(13,15)16)11-6-4-3-5-7-11;/h3-10H,15-16H2,1-2H3;1H4. The van der Waals surface area contributed by atoms with Crippen molar-refractivity contribution in [3.8, 4) is 0 Å². The van der Waals surface area contributed by atoms with Crippen molar-refractivity contribution in [1.29, 1.82) is 0 Å². The maximum atomic E-state index is 6.04. The van der Waals surface area contributed by atoms with E-state index in [4.69, 9.17) is 11.5 Å². The average molecular weight is 230 g/mol. The van der Waals surface area contributed by atoms with Crippen LogP contribution >= 0.6 is 0 Å². The number of allylic oxidation sites excluding steroid dienone is 2. The monoisotopic (exact) mass is 230 g/mol. The molecular weight excluding hydrogens is 208 g/mol. The average Bonchev–Trinajstić information content (AvgIpc) is 2.23. The second-order valence-corrected chi connectivity index (χ2v) is 4.95. The van der Waals surface area contributed by atoms with Crippen LogP contribution in [-0.2, 0) is 0 Å². The third-order valence-electron chi connectivity index (χ3n) is 3.28. The highest BCUT2D eigenvalue weighted by atomic mass is 15.0. The molecule has 1 aliphatic carbocycles. The molecule has 1 aromatic rings. The summed E-state index contributed by atoms with van der Waals surface area (Å²) in [5.74, 6) is 0. The molecule has 0 radical (unpaired) electrons. The normalized spacial score (nSPS) is 20.4. The van der Waals surface area contributed by atoms with Crippen LogP contribution in [0.5, 0.6) is 0 Å². The van der Waals surface area contributed by atoms with Crippen LogP contribution in [0.4, 0.5) is 0 Å². The molecule has 4 N–H and O–H groups in total. The van der Waals surface area contributed by atoms with Crippen LogP contribution in [-0.4, -0.2) is 5.66 Å². The number of benzene rings is 1. The molecule has 0 amide bonds. The van der Waals surface area contributed by atoms with E-state index in [1.54, 1.807) is 0 Å². The number of rotatable bonds is 1. The maximum Gasteiger partial charge on any atom is 0.0919 e. The molecule has 0 saturated carbocycles. The lowest BCUT2D eigenvalue weighted by Crippen LogP contribution is -2.58. The van der Waals surface area contributed by atoms with Gasteiger partial charge in [-0.1, -0.05) is 63.8 Å². The number of nitrogens with two attached hydrogens (primary N) is 2. The van der Waals surface area contributed by atoms with Gasteiger partial charge in [-0.2, -0.15) is 0 Å². The Morgan fingerprint density at radius 3 is 2.12 bits per heavy atom. The van der Waals surface area contributed by atoms with Gasteiger partial charge in [-0.05, 0) is 17.2 Å². The van der Waals surface area contributed by atoms with Crippen molar-refractivity contribution in [3.05, 3.63) is 54.1 Å². The van der Waals surface area contributed by atoms with Crippen LogP contribution in [0.1, 0.15) is 26.8 Å². The van der Waals surface area contributed by atoms with Gasteiger partial charge in [0, 0.05) is 5.41 Å². The van der Waals surface area contributed by atoms with Crippen LogP contribution < -0.4 is 11.5 Å². The lowest BCUT2D eigenvalue weighted by Gasteiger charge is -2.39. The van der Waals surface area contributed by atoms with E-state index in [0.717, 1.165) is 0 Å². The molecule has 2 rings (SSSR count). The molecule has 0 fully saturated rings. The third-order valence-corrected chi connectivity index (χ3v) is 3.28. The summed E-state index contributed by atoms with van der Waals surface area (Å²) in [4.78, 5) is 0. The van der Waals surface area contributed by atoms with Crippen molar-refractivity contribution in [1.82, 2.24) is 0 Å². The van der Waals surface area contributed by atoms with Gasteiger partial charge >= 0.3 is 0 Å². The van der Waals surface area contributed by atoms with Crippen LogP contribution in [0.2, 0.25) is 0 Å². The first-order chi connectivity index (χ1) is 7.42. The van der Waals surface area contributed by atoms with Gasteiger partial charge < -0.3 is 11.5 Å². The van der Waals surface area contributed by atoms with E-state index in [-0.39, 0.29) is 12.8 Å². The Morgan fingerprint density at radius 1 is 1.00 bits per heavy atom. The topological polar surface area (TPSA) is 52.0 Å². The van der Waals surface area contributed by atoms with E-state index >= 15 is 0 Å². The molecule has 0 saturated heterocycles. The molecule has 2 heteroatoms. The van der Waals surface area contributed by atoms with Crippen molar-refractivity contribution < 1.29 is 0 Å². The fraction of sp³-hybridized carbons (Fsp3) is 0.333. The second-order valence-electron chi connectivity index (χ2n) is 4.95. The Morgan fingerprint density at radius 2 is 1.59 bits per heavy atom. The Balaban J connectivity index is 0.00000144. The van der Waals surface area contributed by atoms with E-state index in [1.807, 2.05) is 30.4 Å². The zero-order valence-electron chi connectivity index (χ0n) is 9.77. The summed E-state index contributed by atoms with van der Waals surface area (Å²) < 4.78 is 0. The van der Waals surface area contributed by atoms with Gasteiger partial charge in [0.15, 0.2) is 0 Å². The SMILES string of the molecule is C.CC1(C)C=C(c2ccccc2)C=CC1(N)N. The molecule has 17 heavy (non-hydrogen) atoms. The summed E-state index contributed by atoms with van der Waals surface area (Å²) in [5.41, 5.74) is 13.4. The minimum atomic E-state index is -0.773. The maximum absolute atomic E-state index is 6.04. The minimum Gasteiger partial charge on any atom is -0.309 e. The van der Waals surface area contributed by atoms with Crippen molar-refractivity contribution in [2.75, 3.05) is 0 Å². The lowest BCUT2D eigenvalue weighted by molar-refractivity contribution is 0.290. The molecule has 0 aliphatic heterocycles. The predicted octanol–water partition coefficient (Wildman–Crippen LogP) is 2.92. The molecule has 2 nitrogen and oxygen atoms in total. The zero-order valence-corrected chi connectivity index (χ0v) is 9.77. The smallest absolute Gasteiger partial charge is 0.0919 e. The Bertz CT molecular complexity index is 439. The first-order valence-corrected chi connectivity index (χ1v) is 5.48. The number of hydrogen-bond donors (Lipinski definition) is 2. The quantitative estimate of drug-likeness (QED) is 0.729. The fourth-order valence-corrected chi connectivity index (χ4v) is 1.81. The molecule has 0 aromatic heterocycles. The third kappa shape index (κ3) is 2.48. The first-order valence-electron chi connectivity index (χ1n) is 5.48. The van der Waals surface area contributed by atoms with Gasteiger partial charge in [0.1, 0.15) is 0 Å². The highest BCUT2D eigenvalue weighted by Gasteiger charge is 2.36. The van der Waals surface area contributed by atoms with Crippen LogP contribution in [0.15, 0.2) is 48.6 Å². The van der Waals surface area contributed by atoms with Crippen LogP contribution in [0.25, 0.3) is 5.57 Å². The van der Waals surface area contributed by atoms with E-state index in [1.165, 1.54) is 11.1 Å². The Labute approximate surface area is 104 Å². The Kier molecular flexibility index (Phi) is 3.60. The van der Waals surface area contributed by atoms with Crippen molar-refractivity contribution in [2.45, 2.75) is 26.9 Å². The minimum absolute atomic E-state index is 0. The summed E-state index contributed by atoms with van der Waals surface area (Å²) >= 11 is 0. The van der Waals surface area contributed by atoms with Gasteiger partial charge in [-0.15, -0.1) is 0 Å². The molecule has 1 aliphatic rings. The predicted molar refractivity (Wildman–Crippen MR) is 75.2 cm³/mol. The van der Waals surface area contributed by atoms with Crippen molar-refractivity contribution >= 4 is 5.57 Å². The van der Waals surface area contributed by atoms with Gasteiger partial charge in [0.25, 0.3) is 0 Å². The highest BCUT2D eigenvalue weighted by Crippen LogP contribution is 2.36. The molecule has 0 bridgehead atoms. The zero-order chi connectivity index (χ0) is 11.8. The molecule has 0 atom stereocenters. The highest BCUT2D eigenvalue weighted by molar-refractivity contribution is 5.76. The van der Waals surface area contributed by atoms with Crippen molar-refractivity contribution in [2.24, 2.45) is 16.9 Å². The van der Waals surface area contributed by atoms with Gasteiger partial charge in [-0.25, -0.2) is 0 Å². The molecule has 92 valence electrons. The summed E-state index contributed by atoms with van der Waals surface area (Å²) in [6, 6.07) is 10.3. The first kappa shape index (κ1) is 13.7. The Hall–Kier alpha value is -1.38. The van der Waals surface area contributed by atoms with E-state index in [0.29, 0.717) is 0 Å². The van der Waals surface area contributed by atoms with Gasteiger partial charge in [0.2, 0.25) is 0 Å². The molecule has 0 unspecified atom stereocenters. The summed E-state index contributed by atoms with van der Waals surface area (Å²) in [5, 5.41) is 0. The van der Waals surface area contributed by atoms with Crippen molar-refractivity contribution in [3.63, 3.8) is 0 Å². The molecule has 0 spiro atoms. The van der Waals surface area contributed by atoms with Gasteiger partial charge in [-0.3, -0.25) is 0 Å². The number of hydrogen-bond acceptors (Lipinski definition) is 2. The molecule has 1 aromatic carbocycles. The van der Waals surface area contributed by atoms with E-state index in [2.05, 4.69) is 32.1 Å². The molecular formula is C15H22N2. The largest absolute Gasteiger partial charge is 0.309 e. The lowest BCUT2D eigenvalue weighted by atomic mass is 9.74. The van der Waals surface area contributed by atoms with E-state index < -0.39 is 5.66 Å². The van der Waals surface area contributed by atoms with E-state index in [9.17, 15) is 0 Å². The van der Waals surface area contributed by atoms with Crippen LogP contribution in [0, 0.1) is 5.41 Å².